The molecule has 1 saturated heterocycles. The molecule has 7 nitrogen and oxygen atoms in total. The normalized spacial score (nSPS) is 15.5. The second kappa shape index (κ2) is 6.46. The lowest BCUT2D eigenvalue weighted by Crippen LogP contribution is -2.38. The fraction of sp³-hybridized carbons (Fsp3) is 0.294. The van der Waals surface area contributed by atoms with Gasteiger partial charge in [-0.1, -0.05) is 12.1 Å². The minimum absolute atomic E-state index is 0.140. The van der Waals surface area contributed by atoms with E-state index in [0.717, 1.165) is 11.3 Å². The van der Waals surface area contributed by atoms with E-state index in [0.29, 0.717) is 31.6 Å². The number of aromatic nitrogens is 4. The number of nitrogens with one attached hydrogen (secondary N) is 2. The number of piperidine rings is 1. The topological polar surface area (TPSA) is 86.8 Å². The summed E-state index contributed by atoms with van der Waals surface area (Å²) in [5.74, 6) is 0.0976. The number of hydrogen-bond acceptors (Lipinski definition) is 5. The fourth-order valence-corrected chi connectivity index (χ4v) is 3.14. The number of benzene rings is 1. The minimum atomic E-state index is -0.420. The van der Waals surface area contributed by atoms with Gasteiger partial charge >= 0.3 is 0 Å². The van der Waals surface area contributed by atoms with E-state index in [1.807, 2.05) is 0 Å². The zero-order valence-electron chi connectivity index (χ0n) is 13.4. The van der Waals surface area contributed by atoms with Crippen molar-refractivity contribution in [2.24, 2.45) is 5.92 Å². The van der Waals surface area contributed by atoms with Crippen LogP contribution in [0.5, 0.6) is 0 Å². The van der Waals surface area contributed by atoms with E-state index in [1.165, 1.54) is 12.4 Å². The van der Waals surface area contributed by atoms with Gasteiger partial charge in [-0.25, -0.2) is 19.3 Å². The van der Waals surface area contributed by atoms with Gasteiger partial charge in [0.2, 0.25) is 5.91 Å². The number of H-pyrrole nitrogens is 1. The van der Waals surface area contributed by atoms with Crippen molar-refractivity contribution in [3.63, 3.8) is 0 Å². The molecule has 1 aliphatic heterocycles. The molecule has 1 fully saturated rings. The third-order valence-electron chi connectivity index (χ3n) is 4.50. The molecule has 0 spiro atoms. The van der Waals surface area contributed by atoms with Gasteiger partial charge in [-0.3, -0.25) is 4.79 Å². The maximum absolute atomic E-state index is 13.7. The molecular formula is C17H17FN6O. The number of anilines is 2. The summed E-state index contributed by atoms with van der Waals surface area (Å²) in [6, 6.07) is 6.20. The van der Waals surface area contributed by atoms with E-state index in [4.69, 9.17) is 0 Å². The Bertz CT molecular complexity index is 903. The lowest BCUT2D eigenvalue weighted by Gasteiger charge is -2.32. The molecule has 0 aliphatic carbocycles. The summed E-state index contributed by atoms with van der Waals surface area (Å²) in [6.45, 7) is 1.39. The quantitative estimate of drug-likeness (QED) is 0.764. The predicted molar refractivity (Wildman–Crippen MR) is 91.7 cm³/mol. The van der Waals surface area contributed by atoms with E-state index >= 15 is 0 Å². The van der Waals surface area contributed by atoms with Gasteiger partial charge in [-0.05, 0) is 25.0 Å². The lowest BCUT2D eigenvalue weighted by molar-refractivity contribution is -0.120. The Morgan fingerprint density at radius 3 is 2.80 bits per heavy atom. The summed E-state index contributed by atoms with van der Waals surface area (Å²) < 4.78 is 13.7. The molecule has 1 aliphatic rings. The van der Waals surface area contributed by atoms with Crippen molar-refractivity contribution >= 4 is 28.6 Å². The molecule has 0 bridgehead atoms. The maximum Gasteiger partial charge on any atom is 0.227 e. The summed E-state index contributed by atoms with van der Waals surface area (Å²) >= 11 is 0. The first-order chi connectivity index (χ1) is 12.2. The van der Waals surface area contributed by atoms with Crippen LogP contribution in [0, 0.1) is 11.7 Å². The van der Waals surface area contributed by atoms with Crippen LogP contribution in [-0.2, 0) is 4.79 Å². The molecule has 1 amide bonds. The maximum atomic E-state index is 13.7. The molecule has 8 heteroatoms. The Morgan fingerprint density at radius 1 is 1.20 bits per heavy atom. The van der Waals surface area contributed by atoms with Gasteiger partial charge in [0.15, 0.2) is 11.5 Å². The van der Waals surface area contributed by atoms with Crippen LogP contribution < -0.4 is 10.2 Å². The minimum Gasteiger partial charge on any atom is -0.355 e. The summed E-state index contributed by atoms with van der Waals surface area (Å²) in [5.41, 5.74) is 1.66. The highest BCUT2D eigenvalue weighted by Crippen LogP contribution is 2.26. The van der Waals surface area contributed by atoms with Crippen molar-refractivity contribution in [3.05, 3.63) is 42.7 Å². The molecule has 0 saturated carbocycles. The number of imidazole rings is 1. The van der Waals surface area contributed by atoms with Gasteiger partial charge in [0.1, 0.15) is 17.7 Å². The SMILES string of the molecule is O=C(Nc1ccccc1F)C1CCN(c2ncnc3nc[nH]c23)CC1. The first-order valence-corrected chi connectivity index (χ1v) is 8.17. The van der Waals surface area contributed by atoms with Gasteiger partial charge in [0.05, 0.1) is 12.0 Å². The molecule has 2 aromatic heterocycles. The molecule has 1 aromatic carbocycles. The molecular weight excluding hydrogens is 323 g/mol. The van der Waals surface area contributed by atoms with E-state index in [9.17, 15) is 9.18 Å². The first-order valence-electron chi connectivity index (χ1n) is 8.17. The highest BCUT2D eigenvalue weighted by molar-refractivity contribution is 5.93. The lowest BCUT2D eigenvalue weighted by atomic mass is 9.95. The molecule has 128 valence electrons. The smallest absolute Gasteiger partial charge is 0.227 e. The summed E-state index contributed by atoms with van der Waals surface area (Å²) in [5, 5.41) is 2.69. The molecule has 0 atom stereocenters. The predicted octanol–water partition coefficient (Wildman–Crippen LogP) is 2.35. The Kier molecular flexibility index (Phi) is 4.01. The number of carbonyl (C=O) groups is 1. The van der Waals surface area contributed by atoms with E-state index in [2.05, 4.69) is 30.2 Å². The zero-order chi connectivity index (χ0) is 17.2. The summed E-state index contributed by atoms with van der Waals surface area (Å²) in [6.07, 6.45) is 4.45. The van der Waals surface area contributed by atoms with Crippen LogP contribution in [0.4, 0.5) is 15.9 Å². The molecule has 0 radical (unpaired) electrons. The second-order valence-corrected chi connectivity index (χ2v) is 6.03. The zero-order valence-corrected chi connectivity index (χ0v) is 13.4. The highest BCUT2D eigenvalue weighted by atomic mass is 19.1. The Morgan fingerprint density at radius 2 is 2.00 bits per heavy atom. The van der Waals surface area contributed by atoms with Crippen LogP contribution in [0.3, 0.4) is 0 Å². The van der Waals surface area contributed by atoms with Crippen LogP contribution in [0.1, 0.15) is 12.8 Å². The number of para-hydroxylation sites is 1. The van der Waals surface area contributed by atoms with Gasteiger partial charge in [0.25, 0.3) is 0 Å². The van der Waals surface area contributed by atoms with Crippen LogP contribution in [0.2, 0.25) is 0 Å². The molecule has 4 rings (SSSR count). The molecule has 25 heavy (non-hydrogen) atoms. The van der Waals surface area contributed by atoms with Crippen molar-refractivity contribution in [1.82, 2.24) is 19.9 Å². The number of carbonyl (C=O) groups excluding carboxylic acids is 1. The van der Waals surface area contributed by atoms with Crippen molar-refractivity contribution in [3.8, 4) is 0 Å². The van der Waals surface area contributed by atoms with Crippen LogP contribution in [0.25, 0.3) is 11.2 Å². The Hall–Kier alpha value is -3.03. The molecule has 2 N–H and O–H groups in total. The number of nitrogens with zero attached hydrogens (tertiary/aromatic N) is 4. The number of rotatable bonds is 3. The second-order valence-electron chi connectivity index (χ2n) is 6.03. The van der Waals surface area contributed by atoms with Crippen LogP contribution in [-0.4, -0.2) is 38.9 Å². The number of hydrogen-bond donors (Lipinski definition) is 2. The number of fused-ring (bicyclic) bond motifs is 1. The van der Waals surface area contributed by atoms with E-state index in [1.54, 1.807) is 24.5 Å². The summed E-state index contributed by atoms with van der Waals surface area (Å²) in [4.78, 5) is 30.2. The highest BCUT2D eigenvalue weighted by Gasteiger charge is 2.27. The standard InChI is InChI=1S/C17H17FN6O/c18-12-3-1-2-4-13(12)23-17(25)11-5-7-24(8-6-11)16-14-15(20-9-19-14)21-10-22-16/h1-4,9-11H,5-8H2,(H,23,25)(H,19,20,21,22). The number of amides is 1. The third-order valence-corrected chi connectivity index (χ3v) is 4.50. The Labute approximate surface area is 143 Å². The van der Waals surface area contributed by atoms with Gasteiger partial charge in [-0.15, -0.1) is 0 Å². The average molecular weight is 340 g/mol. The largest absolute Gasteiger partial charge is 0.355 e. The van der Waals surface area contributed by atoms with Gasteiger partial charge in [0, 0.05) is 19.0 Å². The molecule has 0 unspecified atom stereocenters. The third kappa shape index (κ3) is 3.02. The van der Waals surface area contributed by atoms with Gasteiger partial charge < -0.3 is 15.2 Å². The molecule has 3 heterocycles. The van der Waals surface area contributed by atoms with Crippen LogP contribution in [0.15, 0.2) is 36.9 Å². The van der Waals surface area contributed by atoms with Crippen molar-refractivity contribution in [2.75, 3.05) is 23.3 Å². The first kappa shape index (κ1) is 15.5. The fourth-order valence-electron chi connectivity index (χ4n) is 3.14. The van der Waals surface area contributed by atoms with E-state index < -0.39 is 5.82 Å². The van der Waals surface area contributed by atoms with Crippen molar-refractivity contribution in [1.29, 1.82) is 0 Å². The average Bonchev–Trinajstić information content (AvgIpc) is 3.12. The number of halogens is 1. The van der Waals surface area contributed by atoms with Gasteiger partial charge in [-0.2, -0.15) is 0 Å². The van der Waals surface area contributed by atoms with Crippen LogP contribution >= 0.6 is 0 Å². The Balaban J connectivity index is 1.42. The molecule has 3 aromatic rings. The van der Waals surface area contributed by atoms with Crippen molar-refractivity contribution in [2.45, 2.75) is 12.8 Å². The van der Waals surface area contributed by atoms with E-state index in [-0.39, 0.29) is 17.5 Å². The summed E-state index contributed by atoms with van der Waals surface area (Å²) in [7, 11) is 0. The van der Waals surface area contributed by atoms with Crippen molar-refractivity contribution < 1.29 is 9.18 Å². The number of aromatic amines is 1. The monoisotopic (exact) mass is 340 g/mol.